The Morgan fingerprint density at radius 1 is 1.32 bits per heavy atom. The summed E-state index contributed by atoms with van der Waals surface area (Å²) in [7, 11) is -1.80. The number of hydrogen-bond acceptors (Lipinski definition) is 2. The van der Waals surface area contributed by atoms with Crippen molar-refractivity contribution < 1.29 is 9.22 Å². The molecular formula is C19H34O2Si. The van der Waals surface area contributed by atoms with Crippen LogP contribution in [0.25, 0.3) is 0 Å². The first-order chi connectivity index (χ1) is 9.86. The molecule has 22 heavy (non-hydrogen) atoms. The van der Waals surface area contributed by atoms with Crippen molar-refractivity contribution in [3.05, 3.63) is 11.8 Å². The Balaban J connectivity index is 2.35. The minimum absolute atomic E-state index is 0.0741. The molecule has 0 aliphatic heterocycles. The van der Waals surface area contributed by atoms with Crippen LogP contribution in [0.15, 0.2) is 11.8 Å². The molecule has 0 aromatic carbocycles. The van der Waals surface area contributed by atoms with Gasteiger partial charge in [-0.2, -0.15) is 0 Å². The summed E-state index contributed by atoms with van der Waals surface area (Å²) < 4.78 is 6.60. The third kappa shape index (κ3) is 2.49. The Hall–Kier alpha value is -0.573. The first-order valence-electron chi connectivity index (χ1n) is 8.76. The van der Waals surface area contributed by atoms with E-state index in [9.17, 15) is 4.79 Å². The predicted molar refractivity (Wildman–Crippen MR) is 95.2 cm³/mol. The number of allylic oxidation sites excluding steroid dienone is 2. The largest absolute Gasteiger partial charge is 0.547 e. The molecule has 2 aliphatic rings. The zero-order valence-corrected chi connectivity index (χ0v) is 16.8. The van der Waals surface area contributed by atoms with Crippen molar-refractivity contribution in [2.24, 2.45) is 16.7 Å². The smallest absolute Gasteiger partial charge is 0.250 e. The standard InChI is InChI=1S/C19H34O2Si/c1-14-12-16(21-22(7,8)17(3,4)5)13-18(6)10-9-11-19(14,18)15(2)20/h12,14H,9-11,13H2,1-8H3/t14-,18-,19+/m0/s1. The highest BCUT2D eigenvalue weighted by atomic mass is 28.4. The summed E-state index contributed by atoms with van der Waals surface area (Å²) >= 11 is 0. The van der Waals surface area contributed by atoms with Gasteiger partial charge in [0.05, 0.1) is 5.76 Å². The second kappa shape index (κ2) is 5.22. The molecule has 0 radical (unpaired) electrons. The van der Waals surface area contributed by atoms with Gasteiger partial charge in [0.2, 0.25) is 8.32 Å². The maximum Gasteiger partial charge on any atom is 0.250 e. The molecule has 0 aromatic rings. The van der Waals surface area contributed by atoms with Crippen LogP contribution < -0.4 is 0 Å². The third-order valence-electron chi connectivity index (χ3n) is 6.97. The molecule has 126 valence electrons. The molecule has 0 unspecified atom stereocenters. The fraction of sp³-hybridized carbons (Fsp3) is 0.842. The first kappa shape index (κ1) is 17.8. The molecule has 3 heteroatoms. The molecule has 1 saturated carbocycles. The molecular weight excluding hydrogens is 288 g/mol. The molecule has 1 fully saturated rings. The number of Topliss-reactive ketones (excluding diaryl/α,β-unsaturated/α-hetero) is 1. The molecule has 3 atom stereocenters. The summed E-state index contributed by atoms with van der Waals surface area (Å²) in [6.07, 6.45) is 6.57. The Morgan fingerprint density at radius 2 is 1.91 bits per heavy atom. The van der Waals surface area contributed by atoms with Crippen molar-refractivity contribution in [3.8, 4) is 0 Å². The number of rotatable bonds is 3. The second-order valence-corrected chi connectivity index (χ2v) is 14.1. The average molecular weight is 323 g/mol. The van der Waals surface area contributed by atoms with E-state index in [0.717, 1.165) is 25.0 Å². The Morgan fingerprint density at radius 3 is 2.41 bits per heavy atom. The molecule has 0 spiro atoms. The summed E-state index contributed by atoms with van der Waals surface area (Å²) in [6.45, 7) is 17.8. The Bertz CT molecular complexity index is 500. The highest BCUT2D eigenvalue weighted by Crippen LogP contribution is 2.63. The highest BCUT2D eigenvalue weighted by Gasteiger charge is 2.59. The van der Waals surface area contributed by atoms with Gasteiger partial charge >= 0.3 is 0 Å². The summed E-state index contributed by atoms with van der Waals surface area (Å²) in [4.78, 5) is 12.5. The first-order valence-corrected chi connectivity index (χ1v) is 11.7. The van der Waals surface area contributed by atoms with Gasteiger partial charge in [-0.15, -0.1) is 0 Å². The molecule has 0 amide bonds. The zero-order chi connectivity index (χ0) is 17.0. The van der Waals surface area contributed by atoms with Gasteiger partial charge in [-0.05, 0) is 55.3 Å². The van der Waals surface area contributed by atoms with Crippen molar-refractivity contribution in [1.82, 2.24) is 0 Å². The van der Waals surface area contributed by atoms with E-state index in [0.29, 0.717) is 5.78 Å². The predicted octanol–water partition coefficient (Wildman–Crippen LogP) is 5.70. The van der Waals surface area contributed by atoms with Crippen molar-refractivity contribution >= 4 is 14.1 Å². The fourth-order valence-corrected chi connectivity index (χ4v) is 5.74. The molecule has 0 saturated heterocycles. The summed E-state index contributed by atoms with van der Waals surface area (Å²) in [5.74, 6) is 1.81. The van der Waals surface area contributed by atoms with Gasteiger partial charge in [-0.3, -0.25) is 4.79 Å². The second-order valence-electron chi connectivity index (χ2n) is 9.40. The molecule has 0 aromatic heterocycles. The van der Waals surface area contributed by atoms with Crippen LogP contribution in [0.4, 0.5) is 0 Å². The highest BCUT2D eigenvalue weighted by molar-refractivity contribution is 6.74. The molecule has 0 N–H and O–H groups in total. The lowest BCUT2D eigenvalue weighted by molar-refractivity contribution is -0.136. The van der Waals surface area contributed by atoms with E-state index < -0.39 is 8.32 Å². The quantitative estimate of drug-likeness (QED) is 0.623. The lowest BCUT2D eigenvalue weighted by atomic mass is 9.54. The minimum atomic E-state index is -1.80. The zero-order valence-electron chi connectivity index (χ0n) is 15.8. The van der Waals surface area contributed by atoms with Crippen LogP contribution in [-0.4, -0.2) is 14.1 Å². The van der Waals surface area contributed by atoms with Crippen LogP contribution in [0, 0.1) is 16.7 Å². The topological polar surface area (TPSA) is 26.3 Å². The lowest BCUT2D eigenvalue weighted by Gasteiger charge is -2.50. The summed E-state index contributed by atoms with van der Waals surface area (Å²) in [5, 5.41) is 0.211. The van der Waals surface area contributed by atoms with Gasteiger partial charge in [-0.1, -0.05) is 41.0 Å². The fourth-order valence-electron chi connectivity index (χ4n) is 4.64. The van der Waals surface area contributed by atoms with E-state index in [2.05, 4.69) is 53.8 Å². The van der Waals surface area contributed by atoms with E-state index >= 15 is 0 Å². The Labute approximate surface area is 137 Å². The molecule has 0 bridgehead atoms. The van der Waals surface area contributed by atoms with Gasteiger partial charge in [0.15, 0.2) is 0 Å². The third-order valence-corrected chi connectivity index (χ3v) is 11.4. The van der Waals surface area contributed by atoms with Crippen molar-refractivity contribution in [1.29, 1.82) is 0 Å². The number of hydrogen-bond donors (Lipinski definition) is 0. The summed E-state index contributed by atoms with van der Waals surface area (Å²) in [6, 6.07) is 0. The number of ketones is 1. The van der Waals surface area contributed by atoms with Gasteiger partial charge in [0, 0.05) is 11.8 Å². The van der Waals surface area contributed by atoms with Crippen LogP contribution >= 0.6 is 0 Å². The van der Waals surface area contributed by atoms with Gasteiger partial charge in [-0.25, -0.2) is 0 Å². The van der Waals surface area contributed by atoms with E-state index in [-0.39, 0.29) is 21.8 Å². The van der Waals surface area contributed by atoms with Crippen LogP contribution in [0.5, 0.6) is 0 Å². The van der Waals surface area contributed by atoms with Crippen molar-refractivity contribution in [3.63, 3.8) is 0 Å². The molecule has 2 nitrogen and oxygen atoms in total. The normalized spacial score (nSPS) is 35.8. The maximum absolute atomic E-state index is 12.5. The van der Waals surface area contributed by atoms with Crippen LogP contribution in [-0.2, 0) is 9.22 Å². The molecule has 2 rings (SSSR count). The maximum atomic E-state index is 12.5. The van der Waals surface area contributed by atoms with E-state index in [4.69, 9.17) is 4.43 Å². The SMILES string of the molecule is CC(=O)[C@]12CCC[C@@]1(C)CC(O[Si](C)(C)C(C)(C)C)=C[C@@H]2C. The van der Waals surface area contributed by atoms with Crippen LogP contribution in [0.2, 0.25) is 18.1 Å². The number of carbonyl (C=O) groups excluding carboxylic acids is 1. The number of fused-ring (bicyclic) bond motifs is 1. The van der Waals surface area contributed by atoms with E-state index in [1.807, 2.05) is 0 Å². The Kier molecular flexibility index (Phi) is 4.22. The average Bonchev–Trinajstić information content (AvgIpc) is 2.65. The van der Waals surface area contributed by atoms with E-state index in [1.165, 1.54) is 6.42 Å². The van der Waals surface area contributed by atoms with Crippen LogP contribution in [0.3, 0.4) is 0 Å². The van der Waals surface area contributed by atoms with Crippen molar-refractivity contribution in [2.75, 3.05) is 0 Å². The van der Waals surface area contributed by atoms with Gasteiger partial charge in [0.1, 0.15) is 5.78 Å². The van der Waals surface area contributed by atoms with Gasteiger partial charge in [0.25, 0.3) is 0 Å². The molecule has 0 heterocycles. The van der Waals surface area contributed by atoms with Crippen LogP contribution in [0.1, 0.15) is 67.2 Å². The van der Waals surface area contributed by atoms with Gasteiger partial charge < -0.3 is 4.43 Å². The monoisotopic (exact) mass is 322 g/mol. The minimum Gasteiger partial charge on any atom is -0.547 e. The number of carbonyl (C=O) groups is 1. The van der Waals surface area contributed by atoms with E-state index in [1.54, 1.807) is 6.92 Å². The summed E-state index contributed by atoms with van der Waals surface area (Å²) in [5.41, 5.74) is -0.0853. The molecule has 2 aliphatic carbocycles. The lowest BCUT2D eigenvalue weighted by Crippen LogP contribution is -2.49. The van der Waals surface area contributed by atoms with Crippen molar-refractivity contribution in [2.45, 2.75) is 85.4 Å².